The zero-order valence-corrected chi connectivity index (χ0v) is 11.5. The summed E-state index contributed by atoms with van der Waals surface area (Å²) in [5.41, 5.74) is 2.07. The van der Waals surface area contributed by atoms with Crippen molar-refractivity contribution in [2.24, 2.45) is 7.05 Å². The van der Waals surface area contributed by atoms with Crippen LogP contribution in [0.25, 0.3) is 11.3 Å². The minimum Gasteiger partial charge on any atom is -0.461 e. The molecule has 0 radical (unpaired) electrons. The molecule has 4 nitrogen and oxygen atoms in total. The Kier molecular flexibility index (Phi) is 3.87. The molecule has 0 amide bonds. The van der Waals surface area contributed by atoms with Gasteiger partial charge in [-0.1, -0.05) is 6.92 Å². The summed E-state index contributed by atoms with van der Waals surface area (Å²) in [6, 6.07) is 4.51. The molecule has 0 saturated heterocycles. The largest absolute Gasteiger partial charge is 0.461 e. The number of furan rings is 1. The fourth-order valence-corrected chi connectivity index (χ4v) is 2.20. The fraction of sp³-hybridized carbons (Fsp3) is 0.500. The van der Waals surface area contributed by atoms with E-state index in [4.69, 9.17) is 4.42 Å². The van der Waals surface area contributed by atoms with Gasteiger partial charge in [-0.3, -0.25) is 4.68 Å². The molecule has 1 atom stereocenters. The van der Waals surface area contributed by atoms with E-state index in [0.717, 1.165) is 35.7 Å². The van der Waals surface area contributed by atoms with E-state index in [9.17, 15) is 0 Å². The van der Waals surface area contributed by atoms with Crippen molar-refractivity contribution in [1.29, 1.82) is 0 Å². The average Bonchev–Trinajstić information content (AvgIpc) is 2.85. The molecular weight excluding hydrogens is 226 g/mol. The van der Waals surface area contributed by atoms with Crippen LogP contribution in [0.3, 0.4) is 0 Å². The lowest BCUT2D eigenvalue weighted by atomic mass is 10.2. The van der Waals surface area contributed by atoms with Crippen molar-refractivity contribution in [2.75, 3.05) is 6.54 Å². The molecule has 4 heteroatoms. The normalized spacial score (nSPS) is 12.9. The summed E-state index contributed by atoms with van der Waals surface area (Å²) < 4.78 is 7.70. The van der Waals surface area contributed by atoms with E-state index in [0.29, 0.717) is 6.04 Å². The molecule has 0 bridgehead atoms. The number of nitrogens with one attached hydrogen (secondary N) is 1. The average molecular weight is 247 g/mol. The van der Waals surface area contributed by atoms with Crippen molar-refractivity contribution in [3.05, 3.63) is 29.8 Å². The monoisotopic (exact) mass is 247 g/mol. The maximum absolute atomic E-state index is 5.89. The second-order valence-electron chi connectivity index (χ2n) is 4.73. The smallest absolute Gasteiger partial charge is 0.137 e. The Bertz CT molecular complexity index is 513. The Morgan fingerprint density at radius 1 is 1.44 bits per heavy atom. The summed E-state index contributed by atoms with van der Waals surface area (Å²) >= 11 is 0. The number of aromatic nitrogens is 2. The van der Waals surface area contributed by atoms with Crippen LogP contribution in [0.15, 0.2) is 22.7 Å². The molecule has 0 fully saturated rings. The van der Waals surface area contributed by atoms with Crippen LogP contribution in [0.5, 0.6) is 0 Å². The van der Waals surface area contributed by atoms with E-state index in [1.54, 1.807) is 0 Å². The number of rotatable bonds is 5. The first-order valence-electron chi connectivity index (χ1n) is 6.43. The van der Waals surface area contributed by atoms with Gasteiger partial charge in [-0.15, -0.1) is 0 Å². The first-order chi connectivity index (χ1) is 8.60. The highest BCUT2D eigenvalue weighted by molar-refractivity contribution is 5.59. The molecule has 1 unspecified atom stereocenters. The summed E-state index contributed by atoms with van der Waals surface area (Å²) in [4.78, 5) is 0. The summed E-state index contributed by atoms with van der Waals surface area (Å²) in [6.07, 6.45) is 2.90. The minimum atomic E-state index is 0.434. The molecule has 0 aliphatic carbocycles. The van der Waals surface area contributed by atoms with Crippen LogP contribution in [0, 0.1) is 6.92 Å². The Balaban J connectivity index is 2.13. The summed E-state index contributed by atoms with van der Waals surface area (Å²) in [5.74, 6) is 1.92. The van der Waals surface area contributed by atoms with Gasteiger partial charge in [0.1, 0.15) is 11.5 Å². The van der Waals surface area contributed by atoms with E-state index in [1.807, 2.05) is 30.9 Å². The van der Waals surface area contributed by atoms with E-state index < -0.39 is 0 Å². The van der Waals surface area contributed by atoms with E-state index in [1.165, 1.54) is 0 Å². The molecule has 2 rings (SSSR count). The van der Waals surface area contributed by atoms with Crippen molar-refractivity contribution in [2.45, 2.75) is 33.2 Å². The molecule has 2 aromatic rings. The molecule has 0 aliphatic rings. The van der Waals surface area contributed by atoms with Gasteiger partial charge in [0.25, 0.3) is 0 Å². The first-order valence-corrected chi connectivity index (χ1v) is 6.43. The van der Waals surface area contributed by atoms with Crippen molar-refractivity contribution in [3.63, 3.8) is 0 Å². The van der Waals surface area contributed by atoms with Gasteiger partial charge >= 0.3 is 0 Å². The number of likely N-dealkylation sites (N-methyl/N-ethyl adjacent to an activating group) is 1. The van der Waals surface area contributed by atoms with Crippen molar-refractivity contribution >= 4 is 0 Å². The standard InChI is InChI=1S/C14H21N3O/c1-5-15-10(2)8-12-6-7-14(18-12)13-9-17(4)16-11(13)3/h6-7,9-10,15H,5,8H2,1-4H3. The highest BCUT2D eigenvalue weighted by atomic mass is 16.3. The number of nitrogens with zero attached hydrogens (tertiary/aromatic N) is 2. The Morgan fingerprint density at radius 3 is 2.83 bits per heavy atom. The third-order valence-corrected chi connectivity index (χ3v) is 3.00. The maximum atomic E-state index is 5.89. The molecule has 0 aliphatic heterocycles. The van der Waals surface area contributed by atoms with Crippen molar-refractivity contribution in [3.8, 4) is 11.3 Å². The van der Waals surface area contributed by atoms with Gasteiger partial charge < -0.3 is 9.73 Å². The van der Waals surface area contributed by atoms with Gasteiger partial charge in [0.2, 0.25) is 0 Å². The molecule has 0 saturated carbocycles. The molecule has 2 heterocycles. The molecule has 18 heavy (non-hydrogen) atoms. The van der Waals surface area contributed by atoms with Gasteiger partial charge in [-0.25, -0.2) is 0 Å². The van der Waals surface area contributed by atoms with Gasteiger partial charge in [0.05, 0.1) is 11.3 Å². The number of hydrogen-bond donors (Lipinski definition) is 1. The van der Waals surface area contributed by atoms with Gasteiger partial charge in [-0.2, -0.15) is 5.10 Å². The molecule has 0 aromatic carbocycles. The molecule has 1 N–H and O–H groups in total. The first kappa shape index (κ1) is 12.9. The summed E-state index contributed by atoms with van der Waals surface area (Å²) in [5, 5.41) is 7.71. The minimum absolute atomic E-state index is 0.434. The van der Waals surface area contributed by atoms with Crippen LogP contribution in [-0.4, -0.2) is 22.4 Å². The predicted octanol–water partition coefficient (Wildman–Crippen LogP) is 2.53. The zero-order chi connectivity index (χ0) is 13.1. The predicted molar refractivity (Wildman–Crippen MR) is 72.5 cm³/mol. The lowest BCUT2D eigenvalue weighted by Gasteiger charge is -2.09. The highest BCUT2D eigenvalue weighted by Gasteiger charge is 2.12. The van der Waals surface area contributed by atoms with Crippen LogP contribution in [-0.2, 0) is 13.5 Å². The van der Waals surface area contributed by atoms with E-state index in [2.05, 4.69) is 30.3 Å². The van der Waals surface area contributed by atoms with Crippen LogP contribution in [0.2, 0.25) is 0 Å². The van der Waals surface area contributed by atoms with Crippen LogP contribution in [0.1, 0.15) is 25.3 Å². The Labute approximate surface area is 108 Å². The zero-order valence-electron chi connectivity index (χ0n) is 11.5. The number of aryl methyl sites for hydroxylation is 2. The van der Waals surface area contributed by atoms with Gasteiger partial charge in [-0.05, 0) is 32.5 Å². The summed E-state index contributed by atoms with van der Waals surface area (Å²) in [7, 11) is 1.92. The van der Waals surface area contributed by atoms with E-state index in [-0.39, 0.29) is 0 Å². The van der Waals surface area contributed by atoms with E-state index >= 15 is 0 Å². The SMILES string of the molecule is CCNC(C)Cc1ccc(-c2cn(C)nc2C)o1. The third-order valence-electron chi connectivity index (χ3n) is 3.00. The topological polar surface area (TPSA) is 43.0 Å². The molecule has 98 valence electrons. The Morgan fingerprint density at radius 2 is 2.22 bits per heavy atom. The lowest BCUT2D eigenvalue weighted by molar-refractivity contribution is 0.470. The van der Waals surface area contributed by atoms with Gasteiger partial charge in [0, 0.05) is 25.7 Å². The second kappa shape index (κ2) is 5.40. The molecular formula is C14H21N3O. The molecule has 0 spiro atoms. The number of hydrogen-bond acceptors (Lipinski definition) is 3. The van der Waals surface area contributed by atoms with Crippen molar-refractivity contribution < 1.29 is 4.42 Å². The Hall–Kier alpha value is -1.55. The second-order valence-corrected chi connectivity index (χ2v) is 4.73. The highest BCUT2D eigenvalue weighted by Crippen LogP contribution is 2.25. The van der Waals surface area contributed by atoms with Crippen LogP contribution < -0.4 is 5.32 Å². The van der Waals surface area contributed by atoms with Gasteiger partial charge in [0.15, 0.2) is 0 Å². The van der Waals surface area contributed by atoms with Crippen LogP contribution in [0.4, 0.5) is 0 Å². The maximum Gasteiger partial charge on any atom is 0.137 e. The van der Waals surface area contributed by atoms with Crippen LogP contribution >= 0.6 is 0 Å². The summed E-state index contributed by atoms with van der Waals surface area (Å²) in [6.45, 7) is 7.26. The lowest BCUT2D eigenvalue weighted by Crippen LogP contribution is -2.27. The van der Waals surface area contributed by atoms with Crippen molar-refractivity contribution in [1.82, 2.24) is 15.1 Å². The molecule has 2 aromatic heterocycles. The third kappa shape index (κ3) is 2.82. The quantitative estimate of drug-likeness (QED) is 0.883. The fourth-order valence-electron chi connectivity index (χ4n) is 2.20.